The maximum atomic E-state index is 12.9. The molecule has 0 saturated carbocycles. The standard InChI is InChI=1S/C23H23N5O2S/c1-15-6-2-4-8-18(15)28-20(25-26-23(28)30)14-16-10-12-27(13-11-16)22(29)21-24-17-7-3-5-9-19(17)31-21/h2-9,16H,10-14H2,1H3,(H,26,30). The number of hydrogen-bond acceptors (Lipinski definition) is 5. The maximum Gasteiger partial charge on any atom is 0.347 e. The summed E-state index contributed by atoms with van der Waals surface area (Å²) in [6.45, 7) is 3.38. The average Bonchev–Trinajstić information content (AvgIpc) is 3.38. The number of amides is 1. The summed E-state index contributed by atoms with van der Waals surface area (Å²) < 4.78 is 2.71. The summed E-state index contributed by atoms with van der Waals surface area (Å²) in [4.78, 5) is 31.7. The lowest BCUT2D eigenvalue weighted by Gasteiger charge is -2.31. The fraction of sp³-hybridized carbons (Fsp3) is 0.304. The Bertz CT molecular complexity index is 1260. The van der Waals surface area contributed by atoms with Crippen LogP contribution in [-0.2, 0) is 6.42 Å². The summed E-state index contributed by atoms with van der Waals surface area (Å²) in [6, 6.07) is 15.7. The van der Waals surface area contributed by atoms with Crippen LogP contribution in [0.5, 0.6) is 0 Å². The summed E-state index contributed by atoms with van der Waals surface area (Å²) in [5.74, 6) is 1.13. The predicted octanol–water partition coefficient (Wildman–Crippen LogP) is 3.57. The molecule has 0 unspecified atom stereocenters. The molecule has 0 radical (unpaired) electrons. The van der Waals surface area contributed by atoms with Gasteiger partial charge in [-0.3, -0.25) is 4.79 Å². The van der Waals surface area contributed by atoms with Crippen LogP contribution >= 0.6 is 11.3 Å². The summed E-state index contributed by atoms with van der Waals surface area (Å²) in [5, 5.41) is 7.45. The number of aromatic nitrogens is 4. The highest BCUT2D eigenvalue weighted by Gasteiger charge is 2.27. The summed E-state index contributed by atoms with van der Waals surface area (Å²) >= 11 is 1.45. The van der Waals surface area contributed by atoms with E-state index < -0.39 is 0 Å². The summed E-state index contributed by atoms with van der Waals surface area (Å²) in [5.41, 5.74) is 2.55. The highest BCUT2D eigenvalue weighted by atomic mass is 32.1. The second-order valence-electron chi connectivity index (χ2n) is 7.99. The minimum Gasteiger partial charge on any atom is -0.337 e. The van der Waals surface area contributed by atoms with Crippen molar-refractivity contribution in [1.29, 1.82) is 0 Å². The number of aryl methyl sites for hydroxylation is 1. The molecule has 1 N–H and O–H groups in total. The fourth-order valence-corrected chi connectivity index (χ4v) is 5.16. The molecule has 0 atom stereocenters. The van der Waals surface area contributed by atoms with Crippen molar-refractivity contribution < 1.29 is 4.79 Å². The van der Waals surface area contributed by atoms with Crippen LogP contribution in [0.1, 0.15) is 34.0 Å². The van der Waals surface area contributed by atoms with Crippen LogP contribution in [0, 0.1) is 12.8 Å². The predicted molar refractivity (Wildman–Crippen MR) is 121 cm³/mol. The number of fused-ring (bicyclic) bond motifs is 1. The van der Waals surface area contributed by atoms with Gasteiger partial charge in [-0.05, 0) is 49.4 Å². The molecule has 3 heterocycles. The smallest absolute Gasteiger partial charge is 0.337 e. The van der Waals surface area contributed by atoms with Gasteiger partial charge in [-0.1, -0.05) is 30.3 Å². The molecule has 1 amide bonds. The molecule has 4 aromatic rings. The van der Waals surface area contributed by atoms with Crippen molar-refractivity contribution in [3.63, 3.8) is 0 Å². The third-order valence-electron chi connectivity index (χ3n) is 5.95. The normalized spacial score (nSPS) is 14.9. The van der Waals surface area contributed by atoms with Crippen LogP contribution in [0.2, 0.25) is 0 Å². The van der Waals surface area contributed by atoms with Gasteiger partial charge in [0, 0.05) is 19.5 Å². The molecule has 2 aromatic carbocycles. The third-order valence-corrected chi connectivity index (χ3v) is 6.97. The number of likely N-dealkylation sites (tertiary alicyclic amines) is 1. The number of rotatable bonds is 4. The molecule has 31 heavy (non-hydrogen) atoms. The van der Waals surface area contributed by atoms with E-state index in [1.54, 1.807) is 4.57 Å². The third kappa shape index (κ3) is 3.79. The molecular weight excluding hydrogens is 410 g/mol. The monoisotopic (exact) mass is 433 g/mol. The van der Waals surface area contributed by atoms with E-state index in [1.807, 2.05) is 60.4 Å². The van der Waals surface area contributed by atoms with Crippen LogP contribution in [0.3, 0.4) is 0 Å². The molecule has 1 fully saturated rings. The van der Waals surface area contributed by atoms with Crippen LogP contribution in [0.4, 0.5) is 0 Å². The van der Waals surface area contributed by atoms with Crippen molar-refractivity contribution in [2.45, 2.75) is 26.2 Å². The number of nitrogens with zero attached hydrogens (tertiary/aromatic N) is 4. The number of nitrogens with one attached hydrogen (secondary N) is 1. The molecule has 1 aliphatic rings. The van der Waals surface area contributed by atoms with Crippen LogP contribution in [-0.4, -0.2) is 43.6 Å². The van der Waals surface area contributed by atoms with E-state index in [2.05, 4.69) is 15.2 Å². The van der Waals surface area contributed by atoms with E-state index in [4.69, 9.17) is 0 Å². The zero-order valence-corrected chi connectivity index (χ0v) is 18.1. The summed E-state index contributed by atoms with van der Waals surface area (Å²) in [7, 11) is 0. The zero-order valence-electron chi connectivity index (χ0n) is 17.2. The maximum absolute atomic E-state index is 12.9. The first-order chi connectivity index (χ1) is 15.1. The van der Waals surface area contributed by atoms with Gasteiger partial charge in [0.25, 0.3) is 5.91 Å². The lowest BCUT2D eigenvalue weighted by atomic mass is 9.93. The highest BCUT2D eigenvalue weighted by Crippen LogP contribution is 2.26. The number of carbonyl (C=O) groups is 1. The van der Waals surface area contributed by atoms with Gasteiger partial charge >= 0.3 is 5.69 Å². The second kappa shape index (κ2) is 8.11. The largest absolute Gasteiger partial charge is 0.347 e. The Morgan fingerprint density at radius 3 is 2.65 bits per heavy atom. The van der Waals surface area contributed by atoms with Gasteiger partial charge in [-0.25, -0.2) is 19.4 Å². The Morgan fingerprint density at radius 1 is 1.13 bits per heavy atom. The van der Waals surface area contributed by atoms with Crippen LogP contribution in [0.15, 0.2) is 53.3 Å². The van der Waals surface area contributed by atoms with Crippen molar-refractivity contribution >= 4 is 27.5 Å². The van der Waals surface area contributed by atoms with E-state index in [1.165, 1.54) is 11.3 Å². The average molecular weight is 434 g/mol. The molecule has 0 bridgehead atoms. The molecule has 5 rings (SSSR count). The van der Waals surface area contributed by atoms with Crippen LogP contribution < -0.4 is 5.69 Å². The highest BCUT2D eigenvalue weighted by molar-refractivity contribution is 7.20. The van der Waals surface area contributed by atoms with Crippen molar-refractivity contribution in [2.24, 2.45) is 5.92 Å². The lowest BCUT2D eigenvalue weighted by molar-refractivity contribution is 0.0689. The van der Waals surface area contributed by atoms with Crippen molar-refractivity contribution in [3.05, 3.63) is 75.4 Å². The van der Waals surface area contributed by atoms with Crippen LogP contribution in [0.25, 0.3) is 15.9 Å². The summed E-state index contributed by atoms with van der Waals surface area (Å²) in [6.07, 6.45) is 2.47. The van der Waals surface area contributed by atoms with Crippen molar-refractivity contribution in [2.75, 3.05) is 13.1 Å². The number of aromatic amines is 1. The quantitative estimate of drug-likeness (QED) is 0.533. The molecular formula is C23H23N5O2S. The number of para-hydroxylation sites is 2. The topological polar surface area (TPSA) is 83.9 Å². The minimum atomic E-state index is -0.215. The Labute approximate surface area is 183 Å². The van der Waals surface area contributed by atoms with Gasteiger partial charge in [0.15, 0.2) is 5.01 Å². The lowest BCUT2D eigenvalue weighted by Crippen LogP contribution is -2.39. The Hall–Kier alpha value is -3.26. The van der Waals surface area contributed by atoms with Gasteiger partial charge < -0.3 is 4.90 Å². The van der Waals surface area contributed by atoms with Gasteiger partial charge in [0.1, 0.15) is 5.82 Å². The number of piperidine rings is 1. The van der Waals surface area contributed by atoms with E-state index >= 15 is 0 Å². The SMILES string of the molecule is Cc1ccccc1-n1c(CC2CCN(C(=O)c3nc4ccccc4s3)CC2)n[nH]c1=O. The van der Waals surface area contributed by atoms with E-state index in [0.717, 1.165) is 40.1 Å². The minimum absolute atomic E-state index is 0.0104. The molecule has 0 aliphatic carbocycles. The fourth-order valence-electron chi connectivity index (χ4n) is 4.23. The van der Waals surface area contributed by atoms with E-state index in [9.17, 15) is 9.59 Å². The van der Waals surface area contributed by atoms with Gasteiger partial charge in [-0.2, -0.15) is 5.10 Å². The second-order valence-corrected chi connectivity index (χ2v) is 9.02. The molecule has 1 saturated heterocycles. The first-order valence-electron chi connectivity index (χ1n) is 10.5. The number of carbonyl (C=O) groups excluding carboxylic acids is 1. The van der Waals surface area contributed by atoms with Gasteiger partial charge in [0.05, 0.1) is 15.9 Å². The number of H-pyrrole nitrogens is 1. The number of benzene rings is 2. The first-order valence-corrected chi connectivity index (χ1v) is 11.3. The van der Waals surface area contributed by atoms with E-state index in [0.29, 0.717) is 30.4 Å². The van der Waals surface area contributed by atoms with Gasteiger partial charge in [0.2, 0.25) is 0 Å². The molecule has 2 aromatic heterocycles. The molecule has 158 valence electrons. The zero-order chi connectivity index (χ0) is 21.4. The Morgan fingerprint density at radius 2 is 1.87 bits per heavy atom. The van der Waals surface area contributed by atoms with Crippen molar-refractivity contribution in [3.8, 4) is 5.69 Å². The molecule has 8 heteroatoms. The number of thiazole rings is 1. The molecule has 1 aliphatic heterocycles. The molecule has 0 spiro atoms. The van der Waals surface area contributed by atoms with Crippen molar-refractivity contribution in [1.82, 2.24) is 24.6 Å². The molecule has 7 nitrogen and oxygen atoms in total. The first kappa shape index (κ1) is 19.7. The Kier molecular flexibility index (Phi) is 5.15. The Balaban J connectivity index is 1.27. The van der Waals surface area contributed by atoms with E-state index in [-0.39, 0.29) is 11.6 Å². The number of hydrogen-bond donors (Lipinski definition) is 1. The van der Waals surface area contributed by atoms with Gasteiger partial charge in [-0.15, -0.1) is 11.3 Å².